The molecule has 42 heavy (non-hydrogen) atoms. The van der Waals surface area contributed by atoms with Crippen LogP contribution in [0.4, 0.5) is 28.2 Å². The minimum Gasteiger partial charge on any atom is -0.382 e. The number of carbonyl (C=O) groups is 3. The number of amides is 4. The third kappa shape index (κ3) is 7.36. The third-order valence-electron chi connectivity index (χ3n) is 7.48. The minimum absolute atomic E-state index is 0.0104. The van der Waals surface area contributed by atoms with Gasteiger partial charge < -0.3 is 25.6 Å². The summed E-state index contributed by atoms with van der Waals surface area (Å²) in [5, 5.41) is 11.7. The Balaban J connectivity index is 1.57. The van der Waals surface area contributed by atoms with E-state index in [1.165, 1.54) is 42.4 Å². The first-order valence-corrected chi connectivity index (χ1v) is 13.7. The summed E-state index contributed by atoms with van der Waals surface area (Å²) in [6.45, 7) is 1.95. The van der Waals surface area contributed by atoms with Gasteiger partial charge in [0.25, 0.3) is 11.8 Å². The molecule has 0 radical (unpaired) electrons. The van der Waals surface area contributed by atoms with Gasteiger partial charge in [0.2, 0.25) is 11.8 Å². The van der Waals surface area contributed by atoms with Crippen molar-refractivity contribution in [2.45, 2.75) is 69.5 Å². The summed E-state index contributed by atoms with van der Waals surface area (Å²) >= 11 is 0. The van der Waals surface area contributed by atoms with Crippen LogP contribution in [0.25, 0.3) is 0 Å². The molecule has 4 rings (SSSR count). The zero-order chi connectivity index (χ0) is 30.7. The second-order valence-corrected chi connectivity index (χ2v) is 11.0. The Hall–Kier alpha value is -3.75. The number of aromatic nitrogens is 3. The molecular formula is C27H35F4N7O4. The predicted octanol–water partition coefficient (Wildman–Crippen LogP) is 3.77. The molecule has 2 aliphatic rings. The Morgan fingerprint density at radius 1 is 1.14 bits per heavy atom. The van der Waals surface area contributed by atoms with Crippen LogP contribution in [0.1, 0.15) is 67.7 Å². The van der Waals surface area contributed by atoms with E-state index in [1.54, 1.807) is 0 Å². The molecule has 1 saturated heterocycles. The number of hydrogen-bond acceptors (Lipinski definition) is 6. The van der Waals surface area contributed by atoms with Crippen molar-refractivity contribution in [1.82, 2.24) is 30.3 Å². The highest BCUT2D eigenvalue weighted by Crippen LogP contribution is 2.38. The van der Waals surface area contributed by atoms with Crippen molar-refractivity contribution in [2.75, 3.05) is 32.1 Å². The van der Waals surface area contributed by atoms with Gasteiger partial charge in [-0.1, -0.05) is 0 Å². The summed E-state index contributed by atoms with van der Waals surface area (Å²) in [7, 11) is 1.36. The maximum absolute atomic E-state index is 14.1. The van der Waals surface area contributed by atoms with Crippen LogP contribution in [0.5, 0.6) is 0 Å². The van der Waals surface area contributed by atoms with E-state index in [4.69, 9.17) is 4.74 Å². The normalized spacial score (nSPS) is 20.1. The number of pyridine rings is 1. The largest absolute Gasteiger partial charge is 0.382 e. The Bertz CT molecular complexity index is 1280. The highest BCUT2D eigenvalue weighted by molar-refractivity contribution is 6.00. The van der Waals surface area contributed by atoms with Crippen molar-refractivity contribution in [1.29, 1.82) is 0 Å². The molecule has 11 nitrogen and oxygen atoms in total. The average Bonchev–Trinajstić information content (AvgIpc) is 3.43. The molecule has 3 heterocycles. The number of halogens is 4. The lowest BCUT2D eigenvalue weighted by atomic mass is 9.81. The van der Waals surface area contributed by atoms with Crippen LogP contribution < -0.4 is 16.0 Å². The van der Waals surface area contributed by atoms with E-state index >= 15 is 0 Å². The fourth-order valence-corrected chi connectivity index (χ4v) is 5.30. The van der Waals surface area contributed by atoms with Crippen LogP contribution in [-0.2, 0) is 9.53 Å². The first kappa shape index (κ1) is 31.2. The monoisotopic (exact) mass is 597 g/mol. The van der Waals surface area contributed by atoms with Crippen molar-refractivity contribution >= 4 is 23.7 Å². The van der Waals surface area contributed by atoms with Gasteiger partial charge in [0.05, 0.1) is 25.7 Å². The zero-order valence-corrected chi connectivity index (χ0v) is 23.6. The van der Waals surface area contributed by atoms with Crippen molar-refractivity contribution in [3.8, 4) is 0 Å². The molecule has 1 aliphatic carbocycles. The molecule has 2 aromatic heterocycles. The van der Waals surface area contributed by atoms with Gasteiger partial charge in [-0.15, -0.1) is 0 Å². The van der Waals surface area contributed by atoms with E-state index < -0.39 is 73.6 Å². The van der Waals surface area contributed by atoms with Crippen LogP contribution in [-0.4, -0.2) is 82.2 Å². The average molecular weight is 598 g/mol. The lowest BCUT2D eigenvalue weighted by Gasteiger charge is -2.38. The molecular weight excluding hydrogens is 562 g/mol. The number of nitrogens with zero attached hydrogens (tertiary/aromatic N) is 4. The number of methoxy groups -OCH3 is 1. The van der Waals surface area contributed by atoms with E-state index in [-0.39, 0.29) is 37.0 Å². The summed E-state index contributed by atoms with van der Waals surface area (Å²) in [5.41, 5.74) is 0.580. The lowest BCUT2D eigenvalue weighted by Crippen LogP contribution is -2.58. The van der Waals surface area contributed by atoms with E-state index in [2.05, 4.69) is 26.0 Å². The summed E-state index contributed by atoms with van der Waals surface area (Å²) in [4.78, 5) is 44.3. The Kier molecular flexibility index (Phi) is 9.38. The van der Waals surface area contributed by atoms with Gasteiger partial charge in [-0.25, -0.2) is 27.3 Å². The molecule has 1 saturated carbocycles. The summed E-state index contributed by atoms with van der Waals surface area (Å²) in [6, 6.07) is 1.50. The third-order valence-corrected chi connectivity index (χ3v) is 7.48. The predicted molar refractivity (Wildman–Crippen MR) is 143 cm³/mol. The summed E-state index contributed by atoms with van der Waals surface area (Å²) < 4.78 is 62.8. The Labute approximate surface area is 240 Å². The topological polar surface area (TPSA) is 130 Å². The van der Waals surface area contributed by atoms with Crippen LogP contribution in [0.3, 0.4) is 0 Å². The minimum atomic E-state index is -3.16. The maximum Gasteiger partial charge on any atom is 0.318 e. The number of carbonyl (C=O) groups excluding carboxylic acids is 3. The zero-order valence-electron chi connectivity index (χ0n) is 23.6. The van der Waals surface area contributed by atoms with Crippen LogP contribution in [0.15, 0.2) is 30.6 Å². The highest BCUT2D eigenvalue weighted by Gasteiger charge is 2.43. The van der Waals surface area contributed by atoms with Gasteiger partial charge >= 0.3 is 6.03 Å². The van der Waals surface area contributed by atoms with Crippen molar-refractivity contribution in [3.63, 3.8) is 0 Å². The molecule has 0 unspecified atom stereocenters. The Morgan fingerprint density at radius 2 is 1.86 bits per heavy atom. The van der Waals surface area contributed by atoms with Crippen molar-refractivity contribution in [3.05, 3.63) is 41.9 Å². The van der Waals surface area contributed by atoms with Gasteiger partial charge in [0, 0.05) is 38.4 Å². The van der Waals surface area contributed by atoms with E-state index in [0.717, 1.165) is 4.90 Å². The molecule has 1 aliphatic heterocycles. The summed E-state index contributed by atoms with van der Waals surface area (Å²) in [5.74, 6) is -7.82. The smallest absolute Gasteiger partial charge is 0.318 e. The number of rotatable bonds is 10. The first-order valence-electron chi connectivity index (χ1n) is 13.7. The summed E-state index contributed by atoms with van der Waals surface area (Å²) in [6.07, 6.45) is 1.97. The van der Waals surface area contributed by atoms with Gasteiger partial charge in [0.15, 0.2) is 0 Å². The first-order chi connectivity index (χ1) is 19.8. The van der Waals surface area contributed by atoms with Gasteiger partial charge in [-0.2, -0.15) is 5.10 Å². The fourth-order valence-electron chi connectivity index (χ4n) is 5.30. The number of urea groups is 1. The molecule has 4 amide bonds. The number of alkyl halides is 4. The lowest BCUT2D eigenvalue weighted by molar-refractivity contribution is -0.121. The quantitative estimate of drug-likeness (QED) is 0.358. The molecule has 3 N–H and O–H groups in total. The number of hydrogen-bond donors (Lipinski definition) is 3. The molecule has 0 aromatic carbocycles. The standard InChI is InChI=1S/C27H35F4N7O4/c1-16(2)38-19(7-11-34-38)23(39)36-22(17-4-8-26(28,29)9-5-17)24(40)35-21-12-18(6-10-32-21)20(13-42-3)37-15-27(30,31)14-33-25(37)41/h6-7,10-12,16-17,20,22H,4-5,8-9,13-15H2,1-3H3,(H,33,41)(H,36,39)(H,32,35,40)/t20-,22-/m1/s1. The van der Waals surface area contributed by atoms with Crippen LogP contribution >= 0.6 is 0 Å². The van der Waals surface area contributed by atoms with Crippen molar-refractivity contribution < 1.29 is 36.7 Å². The van der Waals surface area contributed by atoms with Crippen molar-refractivity contribution in [2.24, 2.45) is 5.92 Å². The second-order valence-electron chi connectivity index (χ2n) is 11.0. The van der Waals surface area contributed by atoms with Gasteiger partial charge in [-0.3, -0.25) is 14.3 Å². The number of anilines is 1. The second kappa shape index (κ2) is 12.6. The molecule has 0 bridgehead atoms. The molecule has 0 spiro atoms. The van der Waals surface area contributed by atoms with E-state index in [9.17, 15) is 31.9 Å². The Morgan fingerprint density at radius 3 is 2.52 bits per heavy atom. The number of nitrogens with one attached hydrogen (secondary N) is 3. The molecule has 15 heteroatoms. The highest BCUT2D eigenvalue weighted by atomic mass is 19.3. The van der Waals surface area contributed by atoms with Gasteiger partial charge in [-0.05, 0) is 56.4 Å². The number of ether oxygens (including phenoxy) is 1. The van der Waals surface area contributed by atoms with E-state index in [1.807, 2.05) is 13.8 Å². The van der Waals surface area contributed by atoms with Gasteiger partial charge in [0.1, 0.15) is 17.6 Å². The fraction of sp³-hybridized carbons (Fsp3) is 0.593. The molecule has 2 fully saturated rings. The van der Waals surface area contributed by atoms with E-state index in [0.29, 0.717) is 5.56 Å². The molecule has 2 aromatic rings. The SMILES string of the molecule is COC[C@H](c1ccnc(NC(=O)[C@H](NC(=O)c2ccnn2C(C)C)C2CCC(F)(F)CC2)c1)N1CC(F)(F)CNC1=O. The van der Waals surface area contributed by atoms with Crippen LogP contribution in [0.2, 0.25) is 0 Å². The van der Waals surface area contributed by atoms with Crippen LogP contribution in [0, 0.1) is 5.92 Å². The molecule has 230 valence electrons. The molecule has 2 atom stereocenters. The maximum atomic E-state index is 14.1.